The van der Waals surface area contributed by atoms with Crippen molar-refractivity contribution >= 4 is 16.4 Å². The van der Waals surface area contributed by atoms with Crippen LogP contribution in [0.15, 0.2) is 0 Å². The van der Waals surface area contributed by atoms with Crippen LogP contribution in [0.2, 0.25) is 0 Å². The molecule has 0 aliphatic carbocycles. The summed E-state index contributed by atoms with van der Waals surface area (Å²) in [6.45, 7) is 7.63. The highest BCUT2D eigenvalue weighted by Gasteiger charge is 2.30. The number of carbonyl (C=O) groups excluding carboxylic acids is 1. The lowest BCUT2D eigenvalue weighted by atomic mass is 10.2. The molecule has 1 N–H and O–H groups in total. The van der Waals surface area contributed by atoms with Crippen molar-refractivity contribution < 1.29 is 13.7 Å². The Morgan fingerprint density at radius 2 is 2.12 bits per heavy atom. The van der Waals surface area contributed by atoms with E-state index in [1.54, 1.807) is 0 Å². The van der Waals surface area contributed by atoms with E-state index in [4.69, 9.17) is 8.92 Å². The van der Waals surface area contributed by atoms with Crippen LogP contribution in [0.3, 0.4) is 0 Å². The Hall–Kier alpha value is -0.420. The predicted octanol–water partition coefficient (Wildman–Crippen LogP) is 2.28. The van der Waals surface area contributed by atoms with Crippen LogP contribution >= 0.6 is 10.3 Å². The van der Waals surface area contributed by atoms with E-state index in [1.165, 1.54) is 0 Å². The van der Waals surface area contributed by atoms with Crippen molar-refractivity contribution in [2.75, 3.05) is 25.7 Å². The van der Waals surface area contributed by atoms with E-state index < -0.39 is 10.3 Å². The van der Waals surface area contributed by atoms with Crippen molar-refractivity contribution in [1.29, 1.82) is 0 Å². The second-order valence-corrected chi connectivity index (χ2v) is 9.32. The van der Waals surface area contributed by atoms with Gasteiger partial charge in [0.2, 0.25) is 0 Å². The Bertz CT molecular complexity index is 260. The maximum absolute atomic E-state index is 11.0. The first-order valence-electron chi connectivity index (χ1n) is 5.53. The molecule has 1 aliphatic heterocycles. The van der Waals surface area contributed by atoms with E-state index in [1.807, 2.05) is 0 Å². The number of amides is 1. The summed E-state index contributed by atoms with van der Waals surface area (Å²) in [6, 6.07) is 0.0929. The molecule has 0 aromatic heterocycles. The molecule has 0 spiro atoms. The fourth-order valence-electron chi connectivity index (χ4n) is 1.13. The maximum atomic E-state index is 11.0. The monoisotopic (exact) mass is 249 g/mol. The Morgan fingerprint density at radius 3 is 2.62 bits per heavy atom. The quantitative estimate of drug-likeness (QED) is 0.834. The standard InChI is InChI=1S/C11H23NO3S/c1-11(2,3)16(4,5)15-8-9-6-7-14-10(13)12-9/h9H,6-8H2,1-5H3,(H,12,13)/t9-/m1/s1. The Labute approximate surface area is 99.6 Å². The first-order chi connectivity index (χ1) is 7.22. The van der Waals surface area contributed by atoms with Gasteiger partial charge in [-0.15, -0.1) is 10.3 Å². The fraction of sp³-hybridized carbons (Fsp3) is 0.909. The van der Waals surface area contributed by atoms with Crippen molar-refractivity contribution in [2.45, 2.75) is 38.0 Å². The van der Waals surface area contributed by atoms with Gasteiger partial charge in [0, 0.05) is 11.2 Å². The highest BCUT2D eigenvalue weighted by atomic mass is 32.3. The summed E-state index contributed by atoms with van der Waals surface area (Å²) >= 11 is 0. The Morgan fingerprint density at radius 1 is 1.50 bits per heavy atom. The van der Waals surface area contributed by atoms with Gasteiger partial charge in [-0.1, -0.05) is 20.8 Å². The lowest BCUT2D eigenvalue weighted by molar-refractivity contribution is 0.105. The molecule has 1 aliphatic rings. The van der Waals surface area contributed by atoms with Crippen LogP contribution < -0.4 is 5.32 Å². The SMILES string of the molecule is CC(C)(C)S(C)(C)OC[C@H]1CCOC(=O)N1. The number of rotatable bonds is 3. The normalized spacial score (nSPS) is 23.6. The van der Waals surface area contributed by atoms with Gasteiger partial charge in [-0.05, 0) is 12.5 Å². The van der Waals surface area contributed by atoms with Gasteiger partial charge in [-0.2, -0.15) is 0 Å². The molecule has 0 unspecified atom stereocenters. The second-order valence-electron chi connectivity index (χ2n) is 5.40. The molecular formula is C11H23NO3S. The highest BCUT2D eigenvalue weighted by Crippen LogP contribution is 2.53. The highest BCUT2D eigenvalue weighted by molar-refractivity contribution is 8.29. The molecule has 1 heterocycles. The van der Waals surface area contributed by atoms with E-state index in [-0.39, 0.29) is 16.9 Å². The third-order valence-electron chi connectivity index (χ3n) is 3.06. The topological polar surface area (TPSA) is 47.6 Å². The Kier molecular flexibility index (Phi) is 4.12. The molecule has 96 valence electrons. The smallest absolute Gasteiger partial charge is 0.407 e. The summed E-state index contributed by atoms with van der Waals surface area (Å²) in [4.78, 5) is 11.0. The average Bonchev–Trinajstić information content (AvgIpc) is 2.13. The molecule has 1 rings (SSSR count). The van der Waals surface area contributed by atoms with Crippen LogP contribution in [-0.4, -0.2) is 42.6 Å². The summed E-state index contributed by atoms with van der Waals surface area (Å²) in [5.74, 6) is 0. The zero-order valence-corrected chi connectivity index (χ0v) is 11.6. The van der Waals surface area contributed by atoms with Crippen LogP contribution in [0.25, 0.3) is 0 Å². The van der Waals surface area contributed by atoms with Crippen LogP contribution in [-0.2, 0) is 8.92 Å². The van der Waals surface area contributed by atoms with E-state index in [0.29, 0.717) is 13.2 Å². The molecule has 4 nitrogen and oxygen atoms in total. The molecule has 16 heavy (non-hydrogen) atoms. The predicted molar refractivity (Wildman–Crippen MR) is 68.0 cm³/mol. The number of cyclic esters (lactones) is 1. The van der Waals surface area contributed by atoms with Gasteiger partial charge < -0.3 is 14.2 Å². The number of carbonyl (C=O) groups is 1. The van der Waals surface area contributed by atoms with Gasteiger partial charge in [0.15, 0.2) is 0 Å². The molecular weight excluding hydrogens is 226 g/mol. The third-order valence-corrected chi connectivity index (χ3v) is 6.73. The van der Waals surface area contributed by atoms with Crippen LogP contribution in [0, 0.1) is 0 Å². The molecule has 1 fully saturated rings. The summed E-state index contributed by atoms with van der Waals surface area (Å²) in [7, 11) is -1.11. The summed E-state index contributed by atoms with van der Waals surface area (Å²) in [6.07, 6.45) is 4.82. The minimum atomic E-state index is -1.11. The zero-order chi connectivity index (χ0) is 12.4. The van der Waals surface area contributed by atoms with Gasteiger partial charge >= 0.3 is 6.09 Å². The largest absolute Gasteiger partial charge is 0.449 e. The first-order valence-corrected chi connectivity index (χ1v) is 7.90. The summed E-state index contributed by atoms with van der Waals surface area (Å²) in [5.41, 5.74) is 0. The van der Waals surface area contributed by atoms with Crippen molar-refractivity contribution in [3.05, 3.63) is 0 Å². The van der Waals surface area contributed by atoms with Crippen LogP contribution in [0.1, 0.15) is 27.2 Å². The molecule has 5 heteroatoms. The van der Waals surface area contributed by atoms with E-state index >= 15 is 0 Å². The van der Waals surface area contributed by atoms with Gasteiger partial charge in [0.05, 0.1) is 19.3 Å². The number of nitrogens with one attached hydrogen (secondary N) is 1. The molecule has 1 amide bonds. The Balaban J connectivity index is 2.42. The van der Waals surface area contributed by atoms with Gasteiger partial charge in [0.25, 0.3) is 0 Å². The van der Waals surface area contributed by atoms with Gasteiger partial charge in [0.1, 0.15) is 0 Å². The number of hydrogen-bond acceptors (Lipinski definition) is 3. The molecule has 1 saturated heterocycles. The van der Waals surface area contributed by atoms with Gasteiger partial charge in [-0.3, -0.25) is 0 Å². The lowest BCUT2D eigenvalue weighted by Gasteiger charge is -2.44. The maximum Gasteiger partial charge on any atom is 0.407 e. The third kappa shape index (κ3) is 3.56. The minimum Gasteiger partial charge on any atom is -0.449 e. The molecule has 0 saturated carbocycles. The van der Waals surface area contributed by atoms with Crippen LogP contribution in [0.5, 0.6) is 0 Å². The molecule has 1 atom stereocenters. The van der Waals surface area contributed by atoms with Crippen molar-refractivity contribution in [3.63, 3.8) is 0 Å². The van der Waals surface area contributed by atoms with E-state index in [9.17, 15) is 4.79 Å². The first kappa shape index (κ1) is 13.6. The lowest BCUT2D eigenvalue weighted by Crippen LogP contribution is -2.44. The van der Waals surface area contributed by atoms with Crippen molar-refractivity contribution in [1.82, 2.24) is 5.32 Å². The zero-order valence-electron chi connectivity index (χ0n) is 10.8. The van der Waals surface area contributed by atoms with Gasteiger partial charge in [-0.25, -0.2) is 4.79 Å². The second kappa shape index (κ2) is 4.84. The van der Waals surface area contributed by atoms with E-state index in [2.05, 4.69) is 38.6 Å². The summed E-state index contributed by atoms with van der Waals surface area (Å²) in [5, 5.41) is 2.77. The fourth-order valence-corrected chi connectivity index (χ4v) is 1.99. The molecule has 0 aromatic rings. The van der Waals surface area contributed by atoms with Crippen molar-refractivity contribution in [2.24, 2.45) is 0 Å². The molecule has 0 aromatic carbocycles. The van der Waals surface area contributed by atoms with Crippen molar-refractivity contribution in [3.8, 4) is 0 Å². The minimum absolute atomic E-state index is 0.0929. The number of hydrogen-bond donors (Lipinski definition) is 1. The summed E-state index contributed by atoms with van der Waals surface area (Å²) < 4.78 is 11.0. The van der Waals surface area contributed by atoms with E-state index in [0.717, 1.165) is 6.42 Å². The molecule has 0 radical (unpaired) electrons. The number of ether oxygens (including phenoxy) is 1. The molecule has 0 bridgehead atoms. The number of alkyl carbamates (subject to hydrolysis) is 1. The van der Waals surface area contributed by atoms with Crippen LogP contribution in [0.4, 0.5) is 4.79 Å². The average molecular weight is 249 g/mol.